The van der Waals surface area contributed by atoms with Gasteiger partial charge < -0.3 is 9.80 Å². The number of rotatable bonds is 7. The number of aryl methyl sites for hydroxylation is 1. The molecule has 1 aromatic rings. The van der Waals surface area contributed by atoms with Crippen LogP contribution < -0.4 is 4.90 Å². The lowest BCUT2D eigenvalue weighted by Crippen LogP contribution is -2.39. The smallest absolute Gasteiger partial charge is 0.224 e. The van der Waals surface area contributed by atoms with Crippen LogP contribution >= 0.6 is 0 Å². The van der Waals surface area contributed by atoms with E-state index in [-0.39, 0.29) is 11.9 Å². The van der Waals surface area contributed by atoms with E-state index in [1.807, 2.05) is 23.1 Å². The Morgan fingerprint density at radius 3 is 2.45 bits per heavy atom. The van der Waals surface area contributed by atoms with Gasteiger partial charge in [0.05, 0.1) is 0 Å². The molecule has 0 N–H and O–H groups in total. The van der Waals surface area contributed by atoms with E-state index in [0.717, 1.165) is 30.8 Å². The van der Waals surface area contributed by atoms with E-state index in [4.69, 9.17) is 0 Å². The SMILES string of the molecule is CCCN(C)CCC(C)N(C(C)=O)c1ccccc1C. The van der Waals surface area contributed by atoms with Gasteiger partial charge in [-0.25, -0.2) is 0 Å². The number of hydrogen-bond donors (Lipinski definition) is 0. The first-order chi connectivity index (χ1) is 9.47. The van der Waals surface area contributed by atoms with Crippen LogP contribution in [0, 0.1) is 6.92 Å². The highest BCUT2D eigenvalue weighted by atomic mass is 16.2. The van der Waals surface area contributed by atoms with Crippen LogP contribution in [-0.2, 0) is 4.79 Å². The summed E-state index contributed by atoms with van der Waals surface area (Å²) < 4.78 is 0. The number of carbonyl (C=O) groups is 1. The molecule has 0 saturated heterocycles. The number of amides is 1. The fourth-order valence-corrected chi connectivity index (χ4v) is 2.58. The maximum Gasteiger partial charge on any atom is 0.224 e. The Balaban J connectivity index is 2.77. The van der Waals surface area contributed by atoms with Crippen molar-refractivity contribution < 1.29 is 4.79 Å². The minimum atomic E-state index is 0.116. The van der Waals surface area contributed by atoms with E-state index in [9.17, 15) is 4.79 Å². The van der Waals surface area contributed by atoms with Crippen molar-refractivity contribution in [2.45, 2.75) is 46.6 Å². The first-order valence-electron chi connectivity index (χ1n) is 7.51. The first kappa shape index (κ1) is 16.7. The number of hydrogen-bond acceptors (Lipinski definition) is 2. The van der Waals surface area contributed by atoms with Crippen molar-refractivity contribution in [1.29, 1.82) is 0 Å². The van der Waals surface area contributed by atoms with Crippen molar-refractivity contribution in [2.75, 3.05) is 25.0 Å². The average molecular weight is 276 g/mol. The molecule has 3 nitrogen and oxygen atoms in total. The molecule has 1 rings (SSSR count). The number of carbonyl (C=O) groups excluding carboxylic acids is 1. The molecule has 0 heterocycles. The van der Waals surface area contributed by atoms with Gasteiger partial charge in [-0.1, -0.05) is 25.1 Å². The molecule has 3 heteroatoms. The summed E-state index contributed by atoms with van der Waals surface area (Å²) in [5.74, 6) is 0.116. The minimum Gasteiger partial charge on any atom is -0.310 e. The molecule has 20 heavy (non-hydrogen) atoms. The molecule has 1 unspecified atom stereocenters. The monoisotopic (exact) mass is 276 g/mol. The predicted octanol–water partition coefficient (Wildman–Crippen LogP) is 3.47. The maximum absolute atomic E-state index is 12.0. The van der Waals surface area contributed by atoms with Crippen molar-refractivity contribution >= 4 is 11.6 Å². The van der Waals surface area contributed by atoms with E-state index in [2.05, 4.69) is 38.8 Å². The highest BCUT2D eigenvalue weighted by Crippen LogP contribution is 2.23. The van der Waals surface area contributed by atoms with Gasteiger partial charge in [-0.05, 0) is 58.5 Å². The molecular weight excluding hydrogens is 248 g/mol. The van der Waals surface area contributed by atoms with E-state index >= 15 is 0 Å². The topological polar surface area (TPSA) is 23.6 Å². The Morgan fingerprint density at radius 1 is 1.25 bits per heavy atom. The van der Waals surface area contributed by atoms with Gasteiger partial charge in [-0.2, -0.15) is 0 Å². The minimum absolute atomic E-state index is 0.116. The summed E-state index contributed by atoms with van der Waals surface area (Å²) in [5.41, 5.74) is 2.18. The third-order valence-electron chi connectivity index (χ3n) is 3.69. The zero-order valence-electron chi connectivity index (χ0n) is 13.5. The highest BCUT2D eigenvalue weighted by molar-refractivity contribution is 5.92. The fraction of sp³-hybridized carbons (Fsp3) is 0.588. The van der Waals surface area contributed by atoms with Gasteiger partial charge in [0.2, 0.25) is 5.91 Å². The molecule has 0 saturated carbocycles. The maximum atomic E-state index is 12.0. The molecule has 112 valence electrons. The molecule has 0 spiro atoms. The second-order valence-electron chi connectivity index (χ2n) is 5.62. The lowest BCUT2D eigenvalue weighted by Gasteiger charge is -2.31. The fourth-order valence-electron chi connectivity index (χ4n) is 2.58. The van der Waals surface area contributed by atoms with Crippen LogP contribution in [0.5, 0.6) is 0 Å². The normalized spacial score (nSPS) is 12.5. The molecule has 0 aliphatic rings. The number of para-hydroxylation sites is 1. The molecule has 1 atom stereocenters. The van der Waals surface area contributed by atoms with Crippen LogP contribution in [0.15, 0.2) is 24.3 Å². The summed E-state index contributed by atoms with van der Waals surface area (Å²) in [4.78, 5) is 16.3. The van der Waals surface area contributed by atoms with Crippen molar-refractivity contribution in [3.63, 3.8) is 0 Å². The Morgan fingerprint density at radius 2 is 1.90 bits per heavy atom. The molecular formula is C17H28N2O. The second kappa shape index (κ2) is 8.05. The van der Waals surface area contributed by atoms with Crippen molar-refractivity contribution in [1.82, 2.24) is 4.90 Å². The molecule has 0 aliphatic heterocycles. The Hall–Kier alpha value is -1.35. The summed E-state index contributed by atoms with van der Waals surface area (Å²) in [6.07, 6.45) is 2.16. The quantitative estimate of drug-likeness (QED) is 0.761. The Bertz CT molecular complexity index is 431. The molecule has 0 fully saturated rings. The van der Waals surface area contributed by atoms with Gasteiger partial charge >= 0.3 is 0 Å². The van der Waals surface area contributed by atoms with E-state index in [0.29, 0.717) is 0 Å². The Labute approximate surface area is 123 Å². The van der Waals surface area contributed by atoms with Crippen LogP contribution in [-0.4, -0.2) is 37.0 Å². The average Bonchev–Trinajstić information content (AvgIpc) is 2.39. The Kier molecular flexibility index (Phi) is 6.73. The number of anilines is 1. The van der Waals surface area contributed by atoms with E-state index in [1.54, 1.807) is 6.92 Å². The van der Waals surface area contributed by atoms with Gasteiger partial charge in [-0.3, -0.25) is 4.79 Å². The second-order valence-corrected chi connectivity index (χ2v) is 5.62. The standard InChI is InChI=1S/C17H28N2O/c1-6-12-18(5)13-11-15(3)19(16(4)20)17-10-8-7-9-14(17)2/h7-10,15H,6,11-13H2,1-5H3. The zero-order valence-corrected chi connectivity index (χ0v) is 13.5. The van der Waals surface area contributed by atoms with Crippen LogP contribution in [0.2, 0.25) is 0 Å². The van der Waals surface area contributed by atoms with Crippen LogP contribution in [0.25, 0.3) is 0 Å². The number of benzene rings is 1. The van der Waals surface area contributed by atoms with E-state index in [1.165, 1.54) is 6.42 Å². The van der Waals surface area contributed by atoms with Crippen LogP contribution in [0.4, 0.5) is 5.69 Å². The van der Waals surface area contributed by atoms with Crippen molar-refractivity contribution in [3.8, 4) is 0 Å². The first-order valence-corrected chi connectivity index (χ1v) is 7.51. The number of nitrogens with zero attached hydrogens (tertiary/aromatic N) is 2. The van der Waals surface area contributed by atoms with Crippen molar-refractivity contribution in [3.05, 3.63) is 29.8 Å². The molecule has 0 aliphatic carbocycles. The largest absolute Gasteiger partial charge is 0.310 e. The van der Waals surface area contributed by atoms with Gasteiger partial charge in [0.15, 0.2) is 0 Å². The molecule has 1 aromatic carbocycles. The van der Waals surface area contributed by atoms with Gasteiger partial charge in [0, 0.05) is 18.7 Å². The van der Waals surface area contributed by atoms with E-state index < -0.39 is 0 Å². The van der Waals surface area contributed by atoms with Crippen molar-refractivity contribution in [2.24, 2.45) is 0 Å². The van der Waals surface area contributed by atoms with Crippen LogP contribution in [0.1, 0.15) is 39.2 Å². The van der Waals surface area contributed by atoms with Crippen LogP contribution in [0.3, 0.4) is 0 Å². The summed E-state index contributed by atoms with van der Waals surface area (Å²) in [7, 11) is 2.14. The predicted molar refractivity (Wildman–Crippen MR) is 86.2 cm³/mol. The highest BCUT2D eigenvalue weighted by Gasteiger charge is 2.20. The van der Waals surface area contributed by atoms with Gasteiger partial charge in [0.1, 0.15) is 0 Å². The third-order valence-corrected chi connectivity index (χ3v) is 3.69. The summed E-state index contributed by atoms with van der Waals surface area (Å²) >= 11 is 0. The van der Waals surface area contributed by atoms with Gasteiger partial charge in [0.25, 0.3) is 0 Å². The van der Waals surface area contributed by atoms with Gasteiger partial charge in [-0.15, -0.1) is 0 Å². The lowest BCUT2D eigenvalue weighted by atomic mass is 10.1. The molecule has 0 bridgehead atoms. The molecule has 0 aromatic heterocycles. The summed E-state index contributed by atoms with van der Waals surface area (Å²) in [6.45, 7) is 10.2. The summed E-state index contributed by atoms with van der Waals surface area (Å²) in [6, 6.07) is 8.31. The zero-order chi connectivity index (χ0) is 15.1. The lowest BCUT2D eigenvalue weighted by molar-refractivity contribution is -0.117. The molecule has 1 amide bonds. The molecule has 0 radical (unpaired) electrons. The summed E-state index contributed by atoms with van der Waals surface area (Å²) in [5, 5.41) is 0. The third kappa shape index (κ3) is 4.64.